The summed E-state index contributed by atoms with van der Waals surface area (Å²) in [4.78, 5) is 2.56. The van der Waals surface area contributed by atoms with Crippen molar-refractivity contribution < 1.29 is 0 Å². The summed E-state index contributed by atoms with van der Waals surface area (Å²) in [5, 5.41) is 3.45. The Balaban J connectivity index is 2.24. The van der Waals surface area contributed by atoms with Crippen LogP contribution in [0.3, 0.4) is 0 Å². The fraction of sp³-hybridized carbons (Fsp3) is 1.00. The third-order valence-corrected chi connectivity index (χ3v) is 3.00. The van der Waals surface area contributed by atoms with Crippen LogP contribution in [0.1, 0.15) is 33.1 Å². The molecular weight excluding hydrogens is 160 g/mol. The molecule has 1 saturated carbocycles. The number of nitrogens with zero attached hydrogens (tertiary/aromatic N) is 1. The zero-order chi connectivity index (χ0) is 9.68. The molecule has 1 N–H and O–H groups in total. The van der Waals surface area contributed by atoms with Crippen LogP contribution in [0.4, 0.5) is 0 Å². The first kappa shape index (κ1) is 11.0. The fourth-order valence-corrected chi connectivity index (χ4v) is 1.95. The van der Waals surface area contributed by atoms with Crippen molar-refractivity contribution in [2.75, 3.05) is 26.7 Å². The van der Waals surface area contributed by atoms with Gasteiger partial charge in [-0.2, -0.15) is 0 Å². The lowest BCUT2D eigenvalue weighted by molar-refractivity contribution is 0.246. The molecule has 0 heterocycles. The standard InChI is InChI=1S/C11H24N2/c1-4-8-13(5-2)9-11(12-3)10-6-7-10/h10-12H,4-9H2,1-3H3. The lowest BCUT2D eigenvalue weighted by Gasteiger charge is -2.25. The van der Waals surface area contributed by atoms with Gasteiger partial charge in [-0.15, -0.1) is 0 Å². The highest BCUT2D eigenvalue weighted by molar-refractivity contribution is 4.87. The van der Waals surface area contributed by atoms with E-state index in [1.54, 1.807) is 0 Å². The van der Waals surface area contributed by atoms with Gasteiger partial charge in [0.2, 0.25) is 0 Å². The number of likely N-dealkylation sites (N-methyl/N-ethyl adjacent to an activating group) is 2. The van der Waals surface area contributed by atoms with Crippen molar-refractivity contribution in [3.05, 3.63) is 0 Å². The summed E-state index contributed by atoms with van der Waals surface area (Å²) in [6.07, 6.45) is 4.15. The zero-order valence-corrected chi connectivity index (χ0v) is 9.34. The number of nitrogens with one attached hydrogen (secondary N) is 1. The van der Waals surface area contributed by atoms with Crippen molar-refractivity contribution >= 4 is 0 Å². The first-order valence-corrected chi connectivity index (χ1v) is 5.71. The summed E-state index contributed by atoms with van der Waals surface area (Å²) in [5.41, 5.74) is 0. The number of hydrogen-bond donors (Lipinski definition) is 1. The molecule has 0 bridgehead atoms. The van der Waals surface area contributed by atoms with E-state index in [2.05, 4.69) is 31.1 Å². The summed E-state index contributed by atoms with van der Waals surface area (Å²) < 4.78 is 0. The Labute approximate surface area is 82.7 Å². The molecule has 13 heavy (non-hydrogen) atoms. The largest absolute Gasteiger partial charge is 0.315 e. The van der Waals surface area contributed by atoms with Crippen molar-refractivity contribution in [2.24, 2.45) is 5.92 Å². The molecule has 78 valence electrons. The van der Waals surface area contributed by atoms with Gasteiger partial charge in [-0.05, 0) is 45.3 Å². The molecule has 0 spiro atoms. The highest BCUT2D eigenvalue weighted by Gasteiger charge is 2.30. The highest BCUT2D eigenvalue weighted by Crippen LogP contribution is 2.32. The first-order valence-electron chi connectivity index (χ1n) is 5.71. The molecule has 1 atom stereocenters. The molecule has 0 aromatic heterocycles. The van der Waals surface area contributed by atoms with Gasteiger partial charge in [0, 0.05) is 12.6 Å². The quantitative estimate of drug-likeness (QED) is 0.648. The van der Waals surface area contributed by atoms with Gasteiger partial charge < -0.3 is 10.2 Å². The average Bonchev–Trinajstić information content (AvgIpc) is 2.95. The van der Waals surface area contributed by atoms with Gasteiger partial charge in [0.1, 0.15) is 0 Å². The van der Waals surface area contributed by atoms with E-state index in [-0.39, 0.29) is 0 Å². The molecule has 0 saturated heterocycles. The molecule has 1 unspecified atom stereocenters. The molecule has 2 heteroatoms. The van der Waals surface area contributed by atoms with Crippen molar-refractivity contribution in [1.82, 2.24) is 10.2 Å². The van der Waals surface area contributed by atoms with Gasteiger partial charge in [0.25, 0.3) is 0 Å². The zero-order valence-electron chi connectivity index (χ0n) is 9.34. The van der Waals surface area contributed by atoms with Crippen molar-refractivity contribution in [3.63, 3.8) is 0 Å². The second-order valence-electron chi connectivity index (χ2n) is 4.13. The predicted octanol–water partition coefficient (Wildman–Crippen LogP) is 1.72. The van der Waals surface area contributed by atoms with Crippen LogP contribution in [0.25, 0.3) is 0 Å². The van der Waals surface area contributed by atoms with E-state index in [1.165, 1.54) is 38.9 Å². The van der Waals surface area contributed by atoms with Crippen LogP contribution in [0, 0.1) is 5.92 Å². The van der Waals surface area contributed by atoms with Crippen LogP contribution in [-0.4, -0.2) is 37.6 Å². The highest BCUT2D eigenvalue weighted by atomic mass is 15.1. The lowest BCUT2D eigenvalue weighted by Crippen LogP contribution is -2.41. The van der Waals surface area contributed by atoms with Gasteiger partial charge >= 0.3 is 0 Å². The molecule has 0 radical (unpaired) electrons. The average molecular weight is 184 g/mol. The third kappa shape index (κ3) is 3.65. The van der Waals surface area contributed by atoms with Crippen LogP contribution in [0.2, 0.25) is 0 Å². The minimum atomic E-state index is 0.742. The molecule has 0 aliphatic heterocycles. The van der Waals surface area contributed by atoms with Gasteiger partial charge in [-0.3, -0.25) is 0 Å². The second kappa shape index (κ2) is 5.61. The molecule has 1 rings (SSSR count). The Hall–Kier alpha value is -0.0800. The molecule has 1 fully saturated rings. The Morgan fingerprint density at radius 2 is 2.08 bits per heavy atom. The van der Waals surface area contributed by atoms with Crippen LogP contribution in [0.15, 0.2) is 0 Å². The Morgan fingerprint density at radius 3 is 2.46 bits per heavy atom. The summed E-state index contributed by atoms with van der Waals surface area (Å²) in [5.74, 6) is 0.968. The summed E-state index contributed by atoms with van der Waals surface area (Å²) in [6, 6.07) is 0.742. The summed E-state index contributed by atoms with van der Waals surface area (Å²) >= 11 is 0. The Bertz CT molecular complexity index is 132. The van der Waals surface area contributed by atoms with E-state index in [1.807, 2.05) is 0 Å². The molecule has 0 aromatic rings. The first-order chi connectivity index (χ1) is 6.31. The van der Waals surface area contributed by atoms with Gasteiger partial charge in [0.05, 0.1) is 0 Å². The van der Waals surface area contributed by atoms with E-state index >= 15 is 0 Å². The van der Waals surface area contributed by atoms with E-state index in [0.717, 1.165) is 12.0 Å². The van der Waals surface area contributed by atoms with Crippen LogP contribution >= 0.6 is 0 Å². The van der Waals surface area contributed by atoms with E-state index < -0.39 is 0 Å². The van der Waals surface area contributed by atoms with E-state index in [0.29, 0.717) is 0 Å². The molecule has 1 aliphatic carbocycles. The maximum absolute atomic E-state index is 3.45. The molecule has 1 aliphatic rings. The van der Waals surface area contributed by atoms with E-state index in [4.69, 9.17) is 0 Å². The number of rotatable bonds is 7. The number of hydrogen-bond acceptors (Lipinski definition) is 2. The van der Waals surface area contributed by atoms with Gasteiger partial charge in [0.15, 0.2) is 0 Å². The third-order valence-electron chi connectivity index (χ3n) is 3.00. The van der Waals surface area contributed by atoms with Crippen LogP contribution in [-0.2, 0) is 0 Å². The van der Waals surface area contributed by atoms with Crippen molar-refractivity contribution in [3.8, 4) is 0 Å². The normalized spacial score (nSPS) is 19.4. The maximum Gasteiger partial charge on any atom is 0.0220 e. The second-order valence-corrected chi connectivity index (χ2v) is 4.13. The predicted molar refractivity (Wildman–Crippen MR) is 58.0 cm³/mol. The van der Waals surface area contributed by atoms with Crippen LogP contribution in [0.5, 0.6) is 0 Å². The van der Waals surface area contributed by atoms with Crippen LogP contribution < -0.4 is 5.32 Å². The Morgan fingerprint density at radius 1 is 1.38 bits per heavy atom. The monoisotopic (exact) mass is 184 g/mol. The minimum absolute atomic E-state index is 0.742. The fourth-order valence-electron chi connectivity index (χ4n) is 1.95. The molecular formula is C11H24N2. The molecule has 0 amide bonds. The SMILES string of the molecule is CCCN(CC)CC(NC)C1CC1. The lowest BCUT2D eigenvalue weighted by atomic mass is 10.1. The van der Waals surface area contributed by atoms with Crippen molar-refractivity contribution in [2.45, 2.75) is 39.2 Å². The smallest absolute Gasteiger partial charge is 0.0220 e. The van der Waals surface area contributed by atoms with Gasteiger partial charge in [-0.1, -0.05) is 13.8 Å². The summed E-state index contributed by atoms with van der Waals surface area (Å²) in [6.45, 7) is 8.20. The molecule has 0 aromatic carbocycles. The van der Waals surface area contributed by atoms with Crippen molar-refractivity contribution in [1.29, 1.82) is 0 Å². The Kier molecular flexibility index (Phi) is 4.74. The maximum atomic E-state index is 3.45. The summed E-state index contributed by atoms with van der Waals surface area (Å²) in [7, 11) is 2.10. The van der Waals surface area contributed by atoms with E-state index in [9.17, 15) is 0 Å². The van der Waals surface area contributed by atoms with Gasteiger partial charge in [-0.25, -0.2) is 0 Å². The molecule has 2 nitrogen and oxygen atoms in total. The topological polar surface area (TPSA) is 15.3 Å². The minimum Gasteiger partial charge on any atom is -0.315 e.